The van der Waals surface area contributed by atoms with Crippen LogP contribution in [0.2, 0.25) is 0 Å². The molecule has 4 aliphatic carbocycles. The number of nitrogens with zero attached hydrogens (tertiary/aromatic N) is 1. The monoisotopic (exact) mass is 359 g/mol. The number of aliphatic hydroxyl groups excluding tert-OH is 1. The SMILES string of the molecule is CC12CCC3C(CCC4CCC(N5CCCCC5)CC43C)C1CCC2O. The van der Waals surface area contributed by atoms with Crippen molar-refractivity contribution in [3.05, 3.63) is 0 Å². The zero-order chi connectivity index (χ0) is 17.9. The first kappa shape index (κ1) is 18.0. The van der Waals surface area contributed by atoms with Gasteiger partial charge in [-0.3, -0.25) is 0 Å². The van der Waals surface area contributed by atoms with Crippen LogP contribution in [0.1, 0.15) is 90.9 Å². The predicted octanol–water partition coefficient (Wildman–Crippen LogP) is 5.24. The summed E-state index contributed by atoms with van der Waals surface area (Å²) in [5.74, 6) is 3.65. The van der Waals surface area contributed by atoms with E-state index in [-0.39, 0.29) is 11.5 Å². The van der Waals surface area contributed by atoms with Crippen LogP contribution in [0.15, 0.2) is 0 Å². The van der Waals surface area contributed by atoms with Gasteiger partial charge in [-0.15, -0.1) is 0 Å². The molecule has 8 atom stereocenters. The standard InChI is InChI=1S/C24H41NO/c1-23-13-12-21-19(20(23)10-11-22(23)26)9-7-17-6-8-18(16-24(17,21)2)25-14-4-3-5-15-25/h17-22,26H,3-16H2,1-2H3. The van der Waals surface area contributed by atoms with Crippen LogP contribution in [0.5, 0.6) is 0 Å². The van der Waals surface area contributed by atoms with Gasteiger partial charge in [0.2, 0.25) is 0 Å². The van der Waals surface area contributed by atoms with E-state index in [4.69, 9.17) is 0 Å². The number of likely N-dealkylation sites (tertiary alicyclic amines) is 1. The molecule has 5 fully saturated rings. The van der Waals surface area contributed by atoms with Crippen LogP contribution in [0.3, 0.4) is 0 Å². The Morgan fingerprint density at radius 2 is 1.50 bits per heavy atom. The number of piperidine rings is 1. The van der Waals surface area contributed by atoms with Crippen LogP contribution in [-0.4, -0.2) is 35.2 Å². The second kappa shape index (κ2) is 6.48. The molecular weight excluding hydrogens is 318 g/mol. The van der Waals surface area contributed by atoms with E-state index in [1.54, 1.807) is 0 Å². The summed E-state index contributed by atoms with van der Waals surface area (Å²) in [6.07, 6.45) is 16.7. The van der Waals surface area contributed by atoms with Crippen molar-refractivity contribution >= 4 is 0 Å². The van der Waals surface area contributed by atoms with Crippen molar-refractivity contribution in [2.75, 3.05) is 13.1 Å². The number of hydrogen-bond donors (Lipinski definition) is 1. The minimum atomic E-state index is -0.0218. The molecule has 1 saturated heterocycles. The van der Waals surface area contributed by atoms with Crippen molar-refractivity contribution in [3.63, 3.8) is 0 Å². The molecule has 0 radical (unpaired) electrons. The van der Waals surface area contributed by atoms with E-state index < -0.39 is 0 Å². The summed E-state index contributed by atoms with van der Waals surface area (Å²) in [5, 5.41) is 10.7. The van der Waals surface area contributed by atoms with Crippen molar-refractivity contribution in [3.8, 4) is 0 Å². The molecule has 5 aliphatic rings. The van der Waals surface area contributed by atoms with E-state index in [0.29, 0.717) is 5.41 Å². The van der Waals surface area contributed by atoms with Crippen molar-refractivity contribution in [1.29, 1.82) is 0 Å². The summed E-state index contributed by atoms with van der Waals surface area (Å²) in [5.41, 5.74) is 0.823. The lowest BCUT2D eigenvalue weighted by atomic mass is 9.45. The fraction of sp³-hybridized carbons (Fsp3) is 1.00. The molecule has 2 nitrogen and oxygen atoms in total. The van der Waals surface area contributed by atoms with Gasteiger partial charge in [-0.2, -0.15) is 0 Å². The highest BCUT2D eigenvalue weighted by Crippen LogP contribution is 2.66. The van der Waals surface area contributed by atoms with E-state index in [1.807, 2.05) is 0 Å². The lowest BCUT2D eigenvalue weighted by molar-refractivity contribution is -0.132. The fourth-order valence-corrected chi connectivity index (χ4v) is 8.90. The maximum Gasteiger partial charge on any atom is 0.0596 e. The van der Waals surface area contributed by atoms with E-state index in [0.717, 1.165) is 36.1 Å². The maximum absolute atomic E-state index is 10.7. The van der Waals surface area contributed by atoms with Crippen LogP contribution >= 0.6 is 0 Å². The van der Waals surface area contributed by atoms with Crippen molar-refractivity contribution in [2.24, 2.45) is 34.5 Å². The van der Waals surface area contributed by atoms with Gasteiger partial charge < -0.3 is 10.0 Å². The number of fused-ring (bicyclic) bond motifs is 5. The van der Waals surface area contributed by atoms with Gasteiger partial charge in [0.15, 0.2) is 0 Å². The molecule has 4 saturated carbocycles. The normalized spacial score (nSPS) is 55.0. The average molecular weight is 360 g/mol. The first-order chi connectivity index (χ1) is 12.5. The first-order valence-corrected chi connectivity index (χ1v) is 11.9. The van der Waals surface area contributed by atoms with Crippen molar-refractivity contribution in [2.45, 2.75) is 103 Å². The quantitative estimate of drug-likeness (QED) is 0.691. The Hall–Kier alpha value is -0.0800. The second-order valence-electron chi connectivity index (χ2n) is 11.3. The van der Waals surface area contributed by atoms with Gasteiger partial charge in [0.1, 0.15) is 0 Å². The molecule has 0 amide bonds. The van der Waals surface area contributed by atoms with Gasteiger partial charge in [-0.05, 0) is 118 Å². The summed E-state index contributed by atoms with van der Waals surface area (Å²) in [6, 6.07) is 0.873. The highest BCUT2D eigenvalue weighted by Gasteiger charge is 2.60. The van der Waals surface area contributed by atoms with Crippen molar-refractivity contribution < 1.29 is 5.11 Å². The van der Waals surface area contributed by atoms with Gasteiger partial charge in [-0.1, -0.05) is 20.3 Å². The second-order valence-corrected chi connectivity index (χ2v) is 11.3. The van der Waals surface area contributed by atoms with Gasteiger partial charge in [-0.25, -0.2) is 0 Å². The highest BCUT2D eigenvalue weighted by atomic mass is 16.3. The molecule has 26 heavy (non-hydrogen) atoms. The Morgan fingerprint density at radius 1 is 0.769 bits per heavy atom. The van der Waals surface area contributed by atoms with E-state index >= 15 is 0 Å². The summed E-state index contributed by atoms with van der Waals surface area (Å²) in [4.78, 5) is 2.88. The number of hydrogen-bond acceptors (Lipinski definition) is 2. The minimum Gasteiger partial charge on any atom is -0.393 e. The van der Waals surface area contributed by atoms with Gasteiger partial charge in [0, 0.05) is 6.04 Å². The van der Waals surface area contributed by atoms with Crippen LogP contribution in [0.25, 0.3) is 0 Å². The molecular formula is C24H41NO. The van der Waals surface area contributed by atoms with Crippen LogP contribution in [0.4, 0.5) is 0 Å². The molecule has 1 aliphatic heterocycles. The van der Waals surface area contributed by atoms with E-state index in [2.05, 4.69) is 18.7 Å². The minimum absolute atomic E-state index is 0.0218. The Bertz CT molecular complexity index is 528. The topological polar surface area (TPSA) is 23.5 Å². The molecule has 0 spiro atoms. The molecule has 5 rings (SSSR count). The zero-order valence-corrected chi connectivity index (χ0v) is 17.3. The highest BCUT2D eigenvalue weighted by molar-refractivity contribution is 5.10. The molecule has 2 heteroatoms. The number of rotatable bonds is 1. The summed E-state index contributed by atoms with van der Waals surface area (Å²) in [6.45, 7) is 7.87. The van der Waals surface area contributed by atoms with Crippen LogP contribution in [-0.2, 0) is 0 Å². The first-order valence-electron chi connectivity index (χ1n) is 11.9. The smallest absolute Gasteiger partial charge is 0.0596 e. The fourth-order valence-electron chi connectivity index (χ4n) is 8.90. The molecule has 1 N–H and O–H groups in total. The zero-order valence-electron chi connectivity index (χ0n) is 17.3. The predicted molar refractivity (Wildman–Crippen MR) is 107 cm³/mol. The molecule has 1 heterocycles. The largest absolute Gasteiger partial charge is 0.393 e. The van der Waals surface area contributed by atoms with E-state index in [1.165, 1.54) is 83.7 Å². The Balaban J connectivity index is 1.38. The third-order valence-corrected chi connectivity index (χ3v) is 10.4. The molecule has 8 unspecified atom stereocenters. The van der Waals surface area contributed by atoms with Crippen LogP contribution in [0, 0.1) is 34.5 Å². The molecule has 0 aromatic rings. The average Bonchev–Trinajstić information content (AvgIpc) is 2.96. The third kappa shape index (κ3) is 2.57. The Labute approximate surface area is 161 Å². The summed E-state index contributed by atoms with van der Waals surface area (Å²) >= 11 is 0. The van der Waals surface area contributed by atoms with E-state index in [9.17, 15) is 5.11 Å². The molecule has 0 aromatic heterocycles. The lowest BCUT2D eigenvalue weighted by Gasteiger charge is -2.61. The maximum atomic E-state index is 10.7. The number of aliphatic hydroxyl groups is 1. The summed E-state index contributed by atoms with van der Waals surface area (Å²) in [7, 11) is 0. The van der Waals surface area contributed by atoms with Gasteiger partial charge in [0.05, 0.1) is 6.10 Å². The molecule has 148 valence electrons. The lowest BCUT2D eigenvalue weighted by Crippen LogP contribution is -2.56. The Morgan fingerprint density at radius 3 is 2.31 bits per heavy atom. The van der Waals surface area contributed by atoms with Crippen LogP contribution < -0.4 is 0 Å². The van der Waals surface area contributed by atoms with Gasteiger partial charge >= 0.3 is 0 Å². The van der Waals surface area contributed by atoms with Gasteiger partial charge in [0.25, 0.3) is 0 Å². The molecule has 0 bridgehead atoms. The Kier molecular flexibility index (Phi) is 4.48. The third-order valence-electron chi connectivity index (χ3n) is 10.4. The summed E-state index contributed by atoms with van der Waals surface area (Å²) < 4.78 is 0. The molecule has 0 aromatic carbocycles. The van der Waals surface area contributed by atoms with Crippen molar-refractivity contribution in [1.82, 2.24) is 4.90 Å².